The summed E-state index contributed by atoms with van der Waals surface area (Å²) in [6, 6.07) is 47.9. The number of aromatic nitrogens is 2. The Morgan fingerprint density at radius 3 is 2.20 bits per heavy atom. The molecule has 0 unspecified atom stereocenters. The van der Waals surface area contributed by atoms with E-state index in [1.807, 2.05) is 109 Å². The number of ether oxygens (including phenoxy) is 2. The van der Waals surface area contributed by atoms with Gasteiger partial charge in [-0.15, -0.1) is 0 Å². The molecule has 3 heterocycles. The molecule has 0 saturated carbocycles. The van der Waals surface area contributed by atoms with E-state index in [9.17, 15) is 9.90 Å². The number of amides is 1. The van der Waals surface area contributed by atoms with Gasteiger partial charge in [-0.05, 0) is 52.1 Å². The third kappa shape index (κ3) is 8.77. The molecule has 9 heteroatoms. The summed E-state index contributed by atoms with van der Waals surface area (Å²) in [5.74, 6) is 1.16. The first-order valence-electron chi connectivity index (χ1n) is 18.2. The van der Waals surface area contributed by atoms with Crippen molar-refractivity contribution in [1.82, 2.24) is 15.3 Å². The fourth-order valence-electron chi connectivity index (χ4n) is 6.63. The van der Waals surface area contributed by atoms with Crippen molar-refractivity contribution >= 4 is 17.7 Å². The lowest BCUT2D eigenvalue weighted by molar-refractivity contribution is -0.245. The molecule has 2 N–H and O–H groups in total. The summed E-state index contributed by atoms with van der Waals surface area (Å²) >= 11 is 1.53. The van der Waals surface area contributed by atoms with Crippen LogP contribution in [-0.4, -0.2) is 32.8 Å². The number of hydrogen-bond donors (Lipinski definition) is 2. The van der Waals surface area contributed by atoms with E-state index in [0.717, 1.165) is 56.0 Å². The average Bonchev–Trinajstić information content (AvgIpc) is 3.70. The van der Waals surface area contributed by atoms with Gasteiger partial charge in [0.2, 0.25) is 0 Å². The number of aliphatic hydroxyl groups excluding tert-OH is 1. The lowest BCUT2D eigenvalue weighted by Crippen LogP contribution is -2.31. The summed E-state index contributed by atoms with van der Waals surface area (Å²) in [5, 5.41) is 13.2. The zero-order valence-corrected chi connectivity index (χ0v) is 30.8. The van der Waals surface area contributed by atoms with Crippen LogP contribution in [0.2, 0.25) is 0 Å². The van der Waals surface area contributed by atoms with Crippen molar-refractivity contribution in [2.24, 2.45) is 0 Å². The molecule has 1 aliphatic rings. The molecule has 0 spiro atoms. The summed E-state index contributed by atoms with van der Waals surface area (Å²) in [5.41, 5.74) is 9.05. The molecule has 1 aliphatic heterocycles. The fourth-order valence-corrected chi connectivity index (χ4v) is 7.47. The zero-order valence-electron chi connectivity index (χ0n) is 30.0. The van der Waals surface area contributed by atoms with Crippen LogP contribution in [0.1, 0.15) is 51.4 Å². The predicted octanol–water partition coefficient (Wildman–Crippen LogP) is 9.83. The number of hydrogen-bond acceptors (Lipinski definition) is 8. The van der Waals surface area contributed by atoms with Gasteiger partial charge in [0.15, 0.2) is 12.1 Å². The van der Waals surface area contributed by atoms with Crippen molar-refractivity contribution in [1.29, 1.82) is 0 Å². The third-order valence-corrected chi connectivity index (χ3v) is 10.5. The number of carbonyl (C=O) groups is 1. The molecule has 1 saturated heterocycles. The average molecular weight is 746 g/mol. The molecule has 3 atom stereocenters. The highest BCUT2D eigenvalue weighted by Gasteiger charge is 2.33. The first-order chi connectivity index (χ1) is 27.1. The first kappa shape index (κ1) is 36.2. The Morgan fingerprint density at radius 1 is 0.727 bits per heavy atom. The topological polar surface area (TPSA) is 107 Å². The van der Waals surface area contributed by atoms with Crippen molar-refractivity contribution in [2.75, 3.05) is 5.75 Å². The minimum Gasteiger partial charge on any atom is -0.431 e. The van der Waals surface area contributed by atoms with Crippen molar-refractivity contribution in [3.05, 3.63) is 186 Å². The van der Waals surface area contributed by atoms with Crippen LogP contribution in [0.15, 0.2) is 168 Å². The van der Waals surface area contributed by atoms with Gasteiger partial charge in [0.05, 0.1) is 24.4 Å². The highest BCUT2D eigenvalue weighted by molar-refractivity contribution is 7.99. The second-order valence-corrected chi connectivity index (χ2v) is 14.3. The number of thioether (sulfide) groups is 1. The predicted molar refractivity (Wildman–Crippen MR) is 214 cm³/mol. The van der Waals surface area contributed by atoms with E-state index in [-0.39, 0.29) is 24.7 Å². The molecule has 8 rings (SSSR count). The number of pyridine rings is 1. The van der Waals surface area contributed by atoms with Gasteiger partial charge in [0.25, 0.3) is 11.1 Å². The fraction of sp³-hybridized carbons (Fsp3) is 0.152. The van der Waals surface area contributed by atoms with Gasteiger partial charge < -0.3 is 24.3 Å². The summed E-state index contributed by atoms with van der Waals surface area (Å²) in [6.45, 7) is 0.365. The molecule has 2 aromatic heterocycles. The van der Waals surface area contributed by atoms with E-state index in [1.165, 1.54) is 11.8 Å². The van der Waals surface area contributed by atoms with Crippen LogP contribution >= 0.6 is 11.8 Å². The largest absolute Gasteiger partial charge is 0.431 e. The number of carbonyl (C=O) groups excluding carboxylic acids is 1. The van der Waals surface area contributed by atoms with Gasteiger partial charge >= 0.3 is 0 Å². The highest BCUT2D eigenvalue weighted by atomic mass is 32.2. The normalized spacial score (nSPS) is 16.8. The molecule has 274 valence electrons. The van der Waals surface area contributed by atoms with Crippen molar-refractivity contribution < 1.29 is 23.8 Å². The van der Waals surface area contributed by atoms with Crippen LogP contribution in [0, 0.1) is 0 Å². The summed E-state index contributed by atoms with van der Waals surface area (Å²) in [4.78, 5) is 21.7. The van der Waals surface area contributed by atoms with E-state index in [0.29, 0.717) is 29.5 Å². The van der Waals surface area contributed by atoms with Gasteiger partial charge in [-0.1, -0.05) is 133 Å². The maximum atomic E-state index is 12.6. The van der Waals surface area contributed by atoms with Crippen LogP contribution in [0.25, 0.3) is 33.7 Å². The van der Waals surface area contributed by atoms with Gasteiger partial charge in [0, 0.05) is 47.8 Å². The Kier molecular flexibility index (Phi) is 11.2. The minimum atomic E-state index is -0.631. The third-order valence-electron chi connectivity index (χ3n) is 9.49. The van der Waals surface area contributed by atoms with Gasteiger partial charge in [-0.3, -0.25) is 9.78 Å². The molecule has 8 nitrogen and oxygen atoms in total. The minimum absolute atomic E-state index is 0.0201. The molecule has 5 aromatic carbocycles. The van der Waals surface area contributed by atoms with Crippen molar-refractivity contribution in [2.45, 2.75) is 43.3 Å². The van der Waals surface area contributed by atoms with Gasteiger partial charge in [-0.25, -0.2) is 4.98 Å². The number of aliphatic hydroxyl groups is 1. The summed E-state index contributed by atoms with van der Waals surface area (Å²) in [6.07, 6.45) is 2.78. The van der Waals surface area contributed by atoms with Gasteiger partial charge in [-0.2, -0.15) is 0 Å². The van der Waals surface area contributed by atoms with Crippen LogP contribution in [0.4, 0.5) is 0 Å². The Hall–Kier alpha value is -5.84. The molecular weight excluding hydrogens is 707 g/mol. The van der Waals surface area contributed by atoms with E-state index < -0.39 is 6.29 Å². The number of nitrogens with zero attached hydrogens (tertiary/aromatic N) is 2. The monoisotopic (exact) mass is 745 g/mol. The summed E-state index contributed by atoms with van der Waals surface area (Å²) < 4.78 is 19.8. The van der Waals surface area contributed by atoms with Crippen molar-refractivity contribution in [3.63, 3.8) is 0 Å². The van der Waals surface area contributed by atoms with Crippen LogP contribution in [-0.2, 0) is 22.6 Å². The second kappa shape index (κ2) is 17.1. The van der Waals surface area contributed by atoms with E-state index in [2.05, 4.69) is 34.6 Å². The Bertz CT molecular complexity index is 2280. The van der Waals surface area contributed by atoms with Gasteiger partial charge in [0.1, 0.15) is 5.69 Å². The van der Waals surface area contributed by atoms with Crippen molar-refractivity contribution in [3.8, 4) is 33.7 Å². The number of oxazole rings is 1. The van der Waals surface area contributed by atoms with Crippen LogP contribution in [0.3, 0.4) is 0 Å². The molecule has 7 aromatic rings. The Morgan fingerprint density at radius 2 is 1.45 bits per heavy atom. The van der Waals surface area contributed by atoms with E-state index in [1.54, 1.807) is 24.5 Å². The smallest absolute Gasteiger partial charge is 0.256 e. The van der Waals surface area contributed by atoms with Crippen LogP contribution < -0.4 is 5.32 Å². The molecule has 1 fully saturated rings. The molecule has 1 amide bonds. The zero-order chi connectivity index (χ0) is 37.4. The van der Waals surface area contributed by atoms with E-state index in [4.69, 9.17) is 18.9 Å². The number of rotatable bonds is 12. The Labute approximate surface area is 324 Å². The number of nitrogens with one attached hydrogen (secondary N) is 1. The highest BCUT2D eigenvalue weighted by Crippen LogP contribution is 2.41. The standard InChI is InChI=1S/C46H39N3O5S/c50-29-31-19-21-33(22-20-31)41-26-40(30-55-46-49-42(34-11-3-1-4-12-34)43(54-46)35-13-5-2-6-14-35)52-45(53-41)38-17-8-16-37(25-38)36-15-7-10-32(24-36)27-48-44(51)39-18-9-23-47-28-39/h1-25,28,40-41,45,50H,26-27,29-30H2,(H,48,51)/t40-,41+,45+/m0/s1. The molecule has 0 bridgehead atoms. The van der Waals surface area contributed by atoms with E-state index >= 15 is 0 Å². The maximum absolute atomic E-state index is 12.6. The SMILES string of the molecule is O=C(NCc1cccc(-c2cccc([C@@H]3O[C@H](CSc4nc(-c5ccccc5)c(-c5ccccc5)o4)C[C@H](c4ccc(CO)cc4)O3)c2)c1)c1cccnc1. The Balaban J connectivity index is 1.03. The lowest BCUT2D eigenvalue weighted by atomic mass is 9.99. The number of benzene rings is 5. The first-order valence-corrected chi connectivity index (χ1v) is 19.2. The molecule has 0 aliphatic carbocycles. The molecular formula is C46H39N3O5S. The summed E-state index contributed by atoms with van der Waals surface area (Å²) in [7, 11) is 0. The molecule has 0 radical (unpaired) electrons. The maximum Gasteiger partial charge on any atom is 0.256 e. The quantitative estimate of drug-likeness (QED) is 0.119. The second-order valence-electron chi connectivity index (χ2n) is 13.3. The lowest BCUT2D eigenvalue weighted by Gasteiger charge is -2.36. The molecule has 55 heavy (non-hydrogen) atoms. The van der Waals surface area contributed by atoms with Crippen LogP contribution in [0.5, 0.6) is 0 Å².